The SMILES string of the molecule is CC(C)(C)CC(=O)N1CCCC(CC(=O)O)C1. The monoisotopic (exact) mass is 241 g/mol. The molecule has 1 fully saturated rings. The maximum absolute atomic E-state index is 12.0. The van der Waals surface area contributed by atoms with Crippen LogP contribution in [0.4, 0.5) is 0 Å². The molecule has 0 saturated carbocycles. The van der Waals surface area contributed by atoms with E-state index in [9.17, 15) is 9.59 Å². The highest BCUT2D eigenvalue weighted by Crippen LogP contribution is 2.24. The third-order valence-electron chi connectivity index (χ3n) is 3.02. The Morgan fingerprint density at radius 1 is 1.35 bits per heavy atom. The van der Waals surface area contributed by atoms with Gasteiger partial charge in [0.15, 0.2) is 0 Å². The molecule has 1 aliphatic rings. The molecule has 1 rings (SSSR count). The summed E-state index contributed by atoms with van der Waals surface area (Å²) in [4.78, 5) is 24.5. The van der Waals surface area contributed by atoms with Crippen LogP contribution in [0, 0.1) is 11.3 Å². The number of hydrogen-bond acceptors (Lipinski definition) is 2. The normalized spacial score (nSPS) is 21.4. The summed E-state index contributed by atoms with van der Waals surface area (Å²) in [6, 6.07) is 0. The van der Waals surface area contributed by atoms with Crippen LogP contribution in [0.1, 0.15) is 46.5 Å². The first-order chi connectivity index (χ1) is 7.78. The average Bonchev–Trinajstić information content (AvgIpc) is 2.14. The minimum atomic E-state index is -0.764. The number of likely N-dealkylation sites (tertiary alicyclic amines) is 1. The zero-order valence-corrected chi connectivity index (χ0v) is 11.0. The predicted molar refractivity (Wildman–Crippen MR) is 65.6 cm³/mol. The molecule has 1 amide bonds. The van der Waals surface area contributed by atoms with Gasteiger partial charge in [-0.2, -0.15) is 0 Å². The summed E-state index contributed by atoms with van der Waals surface area (Å²) >= 11 is 0. The van der Waals surface area contributed by atoms with Gasteiger partial charge < -0.3 is 10.0 Å². The second-order valence-electron chi connectivity index (χ2n) is 6.18. The molecule has 0 aromatic rings. The van der Waals surface area contributed by atoms with Gasteiger partial charge in [0.05, 0.1) is 0 Å². The second kappa shape index (κ2) is 5.52. The first-order valence-electron chi connectivity index (χ1n) is 6.27. The molecule has 17 heavy (non-hydrogen) atoms. The fraction of sp³-hybridized carbons (Fsp3) is 0.846. The molecule has 0 spiro atoms. The highest BCUT2D eigenvalue weighted by molar-refractivity contribution is 5.77. The van der Waals surface area contributed by atoms with Gasteiger partial charge in [-0.25, -0.2) is 0 Å². The molecule has 0 aromatic heterocycles. The van der Waals surface area contributed by atoms with Crippen molar-refractivity contribution >= 4 is 11.9 Å². The summed E-state index contributed by atoms with van der Waals surface area (Å²) < 4.78 is 0. The molecule has 0 aromatic carbocycles. The van der Waals surface area contributed by atoms with Crippen LogP contribution in [0.25, 0.3) is 0 Å². The number of piperidine rings is 1. The van der Waals surface area contributed by atoms with Gasteiger partial charge in [-0.05, 0) is 24.2 Å². The van der Waals surface area contributed by atoms with E-state index in [4.69, 9.17) is 5.11 Å². The van der Waals surface area contributed by atoms with Crippen molar-refractivity contribution in [3.05, 3.63) is 0 Å². The summed E-state index contributed by atoms with van der Waals surface area (Å²) in [5.41, 5.74) is -0.00315. The van der Waals surface area contributed by atoms with E-state index in [0.717, 1.165) is 19.4 Å². The van der Waals surface area contributed by atoms with Crippen LogP contribution < -0.4 is 0 Å². The van der Waals surface area contributed by atoms with Gasteiger partial charge in [-0.15, -0.1) is 0 Å². The summed E-state index contributed by atoms with van der Waals surface area (Å²) in [6.45, 7) is 7.53. The first kappa shape index (κ1) is 14.0. The zero-order valence-electron chi connectivity index (χ0n) is 11.0. The highest BCUT2D eigenvalue weighted by atomic mass is 16.4. The predicted octanol–water partition coefficient (Wildman–Crippen LogP) is 2.14. The van der Waals surface area contributed by atoms with Gasteiger partial charge >= 0.3 is 5.97 Å². The molecule has 1 unspecified atom stereocenters. The molecule has 4 heteroatoms. The van der Waals surface area contributed by atoms with Gasteiger partial charge in [-0.1, -0.05) is 20.8 Å². The number of hydrogen-bond donors (Lipinski definition) is 1. The van der Waals surface area contributed by atoms with E-state index in [1.807, 2.05) is 25.7 Å². The fourth-order valence-corrected chi connectivity index (χ4v) is 2.27. The van der Waals surface area contributed by atoms with Crippen molar-refractivity contribution in [3.8, 4) is 0 Å². The topological polar surface area (TPSA) is 57.6 Å². The van der Waals surface area contributed by atoms with Crippen molar-refractivity contribution in [3.63, 3.8) is 0 Å². The Morgan fingerprint density at radius 2 is 2.00 bits per heavy atom. The molecule has 4 nitrogen and oxygen atoms in total. The van der Waals surface area contributed by atoms with Crippen LogP contribution in [-0.2, 0) is 9.59 Å². The van der Waals surface area contributed by atoms with Crippen molar-refractivity contribution < 1.29 is 14.7 Å². The van der Waals surface area contributed by atoms with E-state index in [1.54, 1.807) is 0 Å². The highest BCUT2D eigenvalue weighted by Gasteiger charge is 2.27. The van der Waals surface area contributed by atoms with Crippen molar-refractivity contribution in [2.75, 3.05) is 13.1 Å². The molecular weight excluding hydrogens is 218 g/mol. The quantitative estimate of drug-likeness (QED) is 0.823. The van der Waals surface area contributed by atoms with Gasteiger partial charge in [0.1, 0.15) is 0 Å². The number of aliphatic carboxylic acids is 1. The molecule has 0 bridgehead atoms. The standard InChI is InChI=1S/C13H23NO3/c1-13(2,3)8-11(15)14-6-4-5-10(9-14)7-12(16)17/h10H,4-9H2,1-3H3,(H,16,17). The Balaban J connectivity index is 2.49. The number of amides is 1. The Hall–Kier alpha value is -1.06. The van der Waals surface area contributed by atoms with Crippen LogP contribution in [0.5, 0.6) is 0 Å². The molecule has 1 saturated heterocycles. The Bertz CT molecular complexity index is 294. The van der Waals surface area contributed by atoms with E-state index in [-0.39, 0.29) is 23.7 Å². The van der Waals surface area contributed by atoms with Gasteiger partial charge in [0.25, 0.3) is 0 Å². The number of nitrogens with zero attached hydrogens (tertiary/aromatic N) is 1. The van der Waals surface area contributed by atoms with Crippen molar-refractivity contribution in [1.82, 2.24) is 4.90 Å². The van der Waals surface area contributed by atoms with E-state index in [0.29, 0.717) is 13.0 Å². The van der Waals surface area contributed by atoms with E-state index >= 15 is 0 Å². The minimum Gasteiger partial charge on any atom is -0.481 e. The zero-order chi connectivity index (χ0) is 13.1. The molecule has 1 N–H and O–H groups in total. The molecular formula is C13H23NO3. The smallest absolute Gasteiger partial charge is 0.303 e. The Labute approximate surface area is 103 Å². The third-order valence-corrected chi connectivity index (χ3v) is 3.02. The molecule has 0 aliphatic carbocycles. The lowest BCUT2D eigenvalue weighted by atomic mass is 9.90. The van der Waals surface area contributed by atoms with Gasteiger partial charge in [-0.3, -0.25) is 9.59 Å². The van der Waals surface area contributed by atoms with Crippen LogP contribution >= 0.6 is 0 Å². The summed E-state index contributed by atoms with van der Waals surface area (Å²) in [5, 5.41) is 8.77. The number of carboxylic acid groups (broad SMARTS) is 1. The van der Waals surface area contributed by atoms with Crippen molar-refractivity contribution in [1.29, 1.82) is 0 Å². The maximum atomic E-state index is 12.0. The number of carboxylic acids is 1. The first-order valence-corrected chi connectivity index (χ1v) is 6.27. The fourth-order valence-electron chi connectivity index (χ4n) is 2.27. The minimum absolute atomic E-state index is 0.00315. The summed E-state index contributed by atoms with van der Waals surface area (Å²) in [5.74, 6) is -0.474. The van der Waals surface area contributed by atoms with Crippen molar-refractivity contribution in [2.45, 2.75) is 46.5 Å². The van der Waals surface area contributed by atoms with Crippen LogP contribution in [0.2, 0.25) is 0 Å². The maximum Gasteiger partial charge on any atom is 0.303 e. The number of rotatable bonds is 3. The average molecular weight is 241 g/mol. The van der Waals surface area contributed by atoms with Crippen LogP contribution in [0.15, 0.2) is 0 Å². The summed E-state index contributed by atoms with van der Waals surface area (Å²) in [7, 11) is 0. The third kappa shape index (κ3) is 5.20. The lowest BCUT2D eigenvalue weighted by Crippen LogP contribution is -2.41. The van der Waals surface area contributed by atoms with Gasteiger partial charge in [0, 0.05) is 25.9 Å². The second-order valence-corrected chi connectivity index (χ2v) is 6.18. The van der Waals surface area contributed by atoms with E-state index in [1.165, 1.54) is 0 Å². The molecule has 1 atom stereocenters. The molecule has 98 valence electrons. The van der Waals surface area contributed by atoms with Crippen LogP contribution in [-0.4, -0.2) is 35.0 Å². The van der Waals surface area contributed by atoms with E-state index < -0.39 is 5.97 Å². The van der Waals surface area contributed by atoms with Crippen molar-refractivity contribution in [2.24, 2.45) is 11.3 Å². The lowest BCUT2D eigenvalue weighted by Gasteiger charge is -2.33. The largest absolute Gasteiger partial charge is 0.481 e. The Kier molecular flexibility index (Phi) is 4.54. The van der Waals surface area contributed by atoms with Gasteiger partial charge in [0.2, 0.25) is 5.91 Å². The molecule has 1 aliphatic heterocycles. The van der Waals surface area contributed by atoms with Crippen LogP contribution in [0.3, 0.4) is 0 Å². The molecule has 0 radical (unpaired) electrons. The Morgan fingerprint density at radius 3 is 2.53 bits per heavy atom. The lowest BCUT2D eigenvalue weighted by molar-refractivity contribution is -0.141. The summed E-state index contributed by atoms with van der Waals surface area (Å²) in [6.07, 6.45) is 2.56. The van der Waals surface area contributed by atoms with E-state index in [2.05, 4.69) is 0 Å². The molecule has 1 heterocycles. The number of carbonyl (C=O) groups is 2. The number of carbonyl (C=O) groups excluding carboxylic acids is 1.